The molecule has 0 aliphatic carbocycles. The first kappa shape index (κ1) is 65.2. The van der Waals surface area contributed by atoms with Crippen LogP contribution in [0.3, 0.4) is 0 Å². The van der Waals surface area contributed by atoms with Crippen LogP contribution in [-0.2, 0) is 63.9 Å². The Hall–Kier alpha value is -6.29. The highest BCUT2D eigenvalue weighted by atomic mass is 16.6. The molecule has 0 bridgehead atoms. The van der Waals surface area contributed by atoms with Crippen molar-refractivity contribution >= 4 is 58.9 Å². The van der Waals surface area contributed by atoms with Gasteiger partial charge in [0.15, 0.2) is 11.6 Å². The minimum atomic E-state index is -0.950. The third kappa shape index (κ3) is 23.9. The SMILES string of the molecule is CC(=O)CCCCCCC(=O)N[C@H](C(=O)C[C@@H](CCCNC(N)=O)C(=O)Nc1ccc(COC(=O)NCC(=O)C[C@@H]2C[C@@]3(CO3)[C@H](O)[C@@H](/C=C/C(C)=C/C[C@@H]3O[C@H](C)[C@H](NC(=O)/C=C\[C@H](C)OC(C)=O)C[C@@H]3C)O2)cc1)C(C)C. The summed E-state index contributed by atoms with van der Waals surface area (Å²) in [6.07, 6.45) is 10.4. The topological polar surface area (TPSA) is 309 Å². The Morgan fingerprint density at radius 3 is 2.24 bits per heavy atom. The number of ketones is 3. The molecule has 438 valence electrons. The number of hydrogen-bond donors (Lipinski definition) is 7. The first-order valence-corrected chi connectivity index (χ1v) is 27.7. The van der Waals surface area contributed by atoms with Crippen molar-refractivity contribution in [1.29, 1.82) is 0 Å². The Morgan fingerprint density at radius 2 is 1.59 bits per heavy atom. The molecule has 1 aromatic carbocycles. The van der Waals surface area contributed by atoms with Gasteiger partial charge in [-0.15, -0.1) is 0 Å². The van der Waals surface area contributed by atoms with Gasteiger partial charge >= 0.3 is 18.1 Å². The van der Waals surface area contributed by atoms with Gasteiger partial charge < -0.3 is 65.9 Å². The summed E-state index contributed by atoms with van der Waals surface area (Å²) in [7, 11) is 0. The highest BCUT2D eigenvalue weighted by Crippen LogP contribution is 2.43. The molecule has 0 saturated carbocycles. The number of alkyl carbamates (subject to hydrolysis) is 1. The van der Waals surface area contributed by atoms with Crippen molar-refractivity contribution in [1.82, 2.24) is 21.3 Å². The molecule has 21 nitrogen and oxygen atoms in total. The second-order valence-corrected chi connectivity index (χ2v) is 21.7. The number of carbonyl (C=O) groups excluding carboxylic acids is 9. The Balaban J connectivity index is 1.21. The summed E-state index contributed by atoms with van der Waals surface area (Å²) in [5, 5.41) is 24.8. The lowest BCUT2D eigenvalue weighted by atomic mass is 9.87. The molecule has 0 aromatic heterocycles. The van der Waals surface area contributed by atoms with Crippen molar-refractivity contribution in [3.63, 3.8) is 0 Å². The summed E-state index contributed by atoms with van der Waals surface area (Å²) in [6, 6.07) is 4.82. The van der Waals surface area contributed by atoms with Crippen LogP contribution in [0.25, 0.3) is 0 Å². The summed E-state index contributed by atoms with van der Waals surface area (Å²) >= 11 is 0. The third-order valence-electron chi connectivity index (χ3n) is 14.3. The van der Waals surface area contributed by atoms with E-state index in [0.29, 0.717) is 56.4 Å². The highest BCUT2D eigenvalue weighted by Gasteiger charge is 2.58. The lowest BCUT2D eigenvalue weighted by Crippen LogP contribution is -2.50. The largest absolute Gasteiger partial charge is 0.459 e. The van der Waals surface area contributed by atoms with Crippen molar-refractivity contribution in [3.05, 3.63) is 65.8 Å². The summed E-state index contributed by atoms with van der Waals surface area (Å²) < 4.78 is 28.6. The fourth-order valence-electron chi connectivity index (χ4n) is 9.65. The molecule has 1 aromatic rings. The number of aliphatic hydroxyl groups excluding tert-OH is 1. The number of ether oxygens (including phenoxy) is 5. The number of aliphatic hydroxyl groups is 1. The molecule has 0 radical (unpaired) electrons. The molecule has 8 N–H and O–H groups in total. The molecule has 4 rings (SSSR count). The van der Waals surface area contributed by atoms with Crippen LogP contribution >= 0.6 is 0 Å². The number of nitrogens with two attached hydrogens (primary N) is 1. The van der Waals surface area contributed by atoms with Gasteiger partial charge in [-0.1, -0.05) is 69.5 Å². The van der Waals surface area contributed by atoms with E-state index in [-0.39, 0.29) is 105 Å². The van der Waals surface area contributed by atoms with Crippen LogP contribution < -0.4 is 32.3 Å². The monoisotopic (exact) mass is 1110 g/mol. The zero-order valence-corrected chi connectivity index (χ0v) is 47.3. The third-order valence-corrected chi connectivity index (χ3v) is 14.3. The van der Waals surface area contributed by atoms with Gasteiger partial charge in [0.2, 0.25) is 17.7 Å². The summed E-state index contributed by atoms with van der Waals surface area (Å²) in [6.45, 7) is 14.2. The van der Waals surface area contributed by atoms with Crippen LogP contribution in [-0.4, -0.2) is 132 Å². The van der Waals surface area contributed by atoms with E-state index in [4.69, 9.17) is 29.4 Å². The maximum Gasteiger partial charge on any atom is 0.407 e. The number of benzene rings is 1. The van der Waals surface area contributed by atoms with Gasteiger partial charge in [-0.05, 0) is 102 Å². The van der Waals surface area contributed by atoms with E-state index < -0.39 is 66.0 Å². The molecule has 3 fully saturated rings. The fraction of sp³-hybridized carbons (Fsp3) is 0.638. The molecule has 11 atom stereocenters. The van der Waals surface area contributed by atoms with Gasteiger partial charge in [-0.25, -0.2) is 9.59 Å². The maximum absolute atomic E-state index is 13.6. The molecule has 6 amide bonds. The molecule has 1 spiro atoms. The zero-order valence-electron chi connectivity index (χ0n) is 47.3. The number of unbranched alkanes of at least 4 members (excludes halogenated alkanes) is 3. The van der Waals surface area contributed by atoms with Crippen molar-refractivity contribution < 1.29 is 71.9 Å². The van der Waals surface area contributed by atoms with Crippen LogP contribution in [0.5, 0.6) is 0 Å². The van der Waals surface area contributed by atoms with E-state index in [9.17, 15) is 48.3 Å². The van der Waals surface area contributed by atoms with Crippen LogP contribution in [0.1, 0.15) is 144 Å². The van der Waals surface area contributed by atoms with Crippen LogP contribution in [0.15, 0.2) is 60.2 Å². The van der Waals surface area contributed by atoms with Crippen LogP contribution in [0.4, 0.5) is 15.3 Å². The van der Waals surface area contributed by atoms with E-state index in [1.807, 2.05) is 39.8 Å². The second-order valence-electron chi connectivity index (χ2n) is 21.7. The number of carbonyl (C=O) groups is 9. The number of allylic oxidation sites excluding steroid dienone is 2. The lowest BCUT2D eigenvalue weighted by Gasteiger charge is -2.39. The summed E-state index contributed by atoms with van der Waals surface area (Å²) in [5.74, 6) is -2.78. The Bertz CT molecular complexity index is 2330. The number of amides is 6. The lowest BCUT2D eigenvalue weighted by molar-refractivity contribution is -0.144. The number of anilines is 1. The Morgan fingerprint density at radius 1 is 0.899 bits per heavy atom. The normalized spacial score (nSPS) is 24.0. The minimum absolute atomic E-state index is 0.0374. The standard InChI is InChI=1S/C58H86N6O15/c1-35(2)53(64-51(69)16-12-10-9-11-14-38(5)65)48(68)29-43(15-13-27-60-56(59)73)55(72)62-44-22-20-42(21-23-44)33-75-57(74)61-32-45(67)30-46-31-58(34-76-58)54(71)50(79-46)25-18-36(3)17-24-49-37(4)28-47(40(7)78-49)63-52(70)26-19-39(6)77-41(8)66/h17-23,25-26,35,37,39-40,43,46-47,49-50,53-54,71H,9-16,24,27-34H2,1-8H3,(H,61,74)(H,62,72)(H,63,70)(H,64,69)(H3,59,60,73)/b25-18+,26-19-,36-17+/t37-,39-,40+,43+,46+,47+,49-,50+,53-,54+,58+/m0/s1. The van der Waals surface area contributed by atoms with Crippen molar-refractivity contribution in [3.8, 4) is 0 Å². The maximum atomic E-state index is 13.6. The van der Waals surface area contributed by atoms with Crippen molar-refractivity contribution in [2.45, 2.75) is 200 Å². The van der Waals surface area contributed by atoms with Gasteiger partial charge in [0.1, 0.15) is 36.3 Å². The first-order chi connectivity index (χ1) is 37.4. The van der Waals surface area contributed by atoms with Gasteiger partial charge in [0.25, 0.3) is 0 Å². The van der Waals surface area contributed by atoms with Gasteiger partial charge in [-0.3, -0.25) is 28.8 Å². The fourth-order valence-corrected chi connectivity index (χ4v) is 9.65. The smallest absolute Gasteiger partial charge is 0.407 e. The molecule has 3 heterocycles. The van der Waals surface area contributed by atoms with Crippen molar-refractivity contribution in [2.24, 2.45) is 23.5 Å². The molecular weight excluding hydrogens is 1020 g/mol. The first-order valence-electron chi connectivity index (χ1n) is 27.7. The molecule has 0 unspecified atom stereocenters. The molecule has 21 heteroatoms. The van der Waals surface area contributed by atoms with Crippen molar-refractivity contribution in [2.75, 3.05) is 25.0 Å². The molecular formula is C58H86N6O15. The summed E-state index contributed by atoms with van der Waals surface area (Å²) in [5.41, 5.74) is 6.31. The molecule has 3 aliphatic heterocycles. The van der Waals surface area contributed by atoms with E-state index in [1.54, 1.807) is 44.2 Å². The average molecular weight is 1110 g/mol. The average Bonchev–Trinajstić information content (AvgIpc) is 4.27. The number of Topliss-reactive ketones (excluding diaryl/α,β-unsaturated/α-hetero) is 3. The zero-order chi connectivity index (χ0) is 58.2. The van der Waals surface area contributed by atoms with Gasteiger partial charge in [0.05, 0.1) is 43.5 Å². The van der Waals surface area contributed by atoms with E-state index in [0.717, 1.165) is 24.8 Å². The predicted molar refractivity (Wildman–Crippen MR) is 294 cm³/mol. The minimum Gasteiger partial charge on any atom is -0.459 e. The molecule has 3 saturated heterocycles. The Kier molecular flexibility index (Phi) is 27.0. The second kappa shape index (κ2) is 32.7. The summed E-state index contributed by atoms with van der Waals surface area (Å²) in [4.78, 5) is 112. The van der Waals surface area contributed by atoms with Crippen LogP contribution in [0.2, 0.25) is 0 Å². The van der Waals surface area contributed by atoms with Gasteiger partial charge in [-0.2, -0.15) is 0 Å². The number of epoxide rings is 1. The number of esters is 1. The molecule has 79 heavy (non-hydrogen) atoms. The quantitative estimate of drug-likeness (QED) is 0.0145. The molecule has 3 aliphatic rings. The number of rotatable bonds is 32. The van der Waals surface area contributed by atoms with E-state index >= 15 is 0 Å². The van der Waals surface area contributed by atoms with E-state index in [2.05, 4.69) is 33.5 Å². The number of primary amides is 1. The highest BCUT2D eigenvalue weighted by molar-refractivity contribution is 5.97. The Labute approximate surface area is 464 Å². The number of nitrogens with one attached hydrogen (secondary N) is 5. The van der Waals surface area contributed by atoms with Crippen LogP contribution in [0, 0.1) is 17.8 Å². The predicted octanol–water partition coefficient (Wildman–Crippen LogP) is 5.89. The van der Waals surface area contributed by atoms with E-state index in [1.165, 1.54) is 19.1 Å². The number of urea groups is 1. The van der Waals surface area contributed by atoms with Gasteiger partial charge in [0, 0.05) is 63.3 Å². The number of hydrogen-bond acceptors (Lipinski definition) is 15.